The van der Waals surface area contributed by atoms with Crippen LogP contribution in [0.2, 0.25) is 0 Å². The van der Waals surface area contributed by atoms with E-state index >= 15 is 4.39 Å². The molecule has 0 radical (unpaired) electrons. The molecule has 4 aromatic rings. The minimum atomic E-state index is -0.761. The molecule has 0 saturated carbocycles. The van der Waals surface area contributed by atoms with Gasteiger partial charge in [-0.25, -0.2) is 13.2 Å². The van der Waals surface area contributed by atoms with Gasteiger partial charge in [-0.2, -0.15) is 9.97 Å². The van der Waals surface area contributed by atoms with Crippen molar-refractivity contribution in [1.29, 1.82) is 0 Å². The molecular formula is C33H34F3N5O3. The lowest BCUT2D eigenvalue weighted by Crippen LogP contribution is -2.31. The molecule has 0 amide bonds. The van der Waals surface area contributed by atoms with Crippen LogP contribution in [0, 0.1) is 24.0 Å². The number of benzene rings is 2. The highest BCUT2D eigenvalue weighted by Crippen LogP contribution is 2.38. The van der Waals surface area contributed by atoms with Gasteiger partial charge >= 0.3 is 6.01 Å². The molecule has 3 atom stereocenters. The van der Waals surface area contributed by atoms with Gasteiger partial charge < -0.3 is 19.5 Å². The fraction of sp³-hybridized carbons (Fsp3) is 0.424. The monoisotopic (exact) mass is 605 g/mol. The molecule has 230 valence electrons. The number of pyridine rings is 1. The zero-order valence-corrected chi connectivity index (χ0v) is 24.7. The highest BCUT2D eigenvalue weighted by atomic mass is 19.1. The number of phenols is 1. The van der Waals surface area contributed by atoms with Crippen LogP contribution in [0.3, 0.4) is 0 Å². The molecule has 3 fully saturated rings. The third-order valence-corrected chi connectivity index (χ3v) is 8.49. The summed E-state index contributed by atoms with van der Waals surface area (Å²) in [6.07, 6.45) is 10.6. The van der Waals surface area contributed by atoms with Gasteiger partial charge in [0.1, 0.15) is 34.8 Å². The first kappa shape index (κ1) is 29.9. The van der Waals surface area contributed by atoms with E-state index in [0.29, 0.717) is 48.9 Å². The molecule has 3 aliphatic heterocycles. The summed E-state index contributed by atoms with van der Waals surface area (Å²) in [4.78, 5) is 17.4. The summed E-state index contributed by atoms with van der Waals surface area (Å²) in [5.41, 5.74) is -0.0225. The SMILES string of the molecule is C#Cc1c(F)ccc2cc(O)cc(-c3ncc4c(N5CCCOC(C)C5)nc(OC)nc4c3F)c12.FC1CC2CCCN2C1. The van der Waals surface area contributed by atoms with Crippen LogP contribution < -0.4 is 9.64 Å². The number of ether oxygens (including phenoxy) is 2. The molecule has 8 nitrogen and oxygen atoms in total. The summed E-state index contributed by atoms with van der Waals surface area (Å²) in [5, 5.41) is 11.4. The Balaban J connectivity index is 0.000000323. The average molecular weight is 606 g/mol. The molecule has 0 spiro atoms. The van der Waals surface area contributed by atoms with E-state index in [4.69, 9.17) is 15.9 Å². The number of alkyl halides is 1. The fourth-order valence-corrected chi connectivity index (χ4v) is 6.51. The van der Waals surface area contributed by atoms with Crippen LogP contribution >= 0.6 is 0 Å². The molecular weight excluding hydrogens is 571 g/mol. The number of hydrogen-bond donors (Lipinski definition) is 1. The summed E-state index contributed by atoms with van der Waals surface area (Å²) in [5.74, 6) is 1.29. The number of fused-ring (bicyclic) bond motifs is 3. The average Bonchev–Trinajstić information content (AvgIpc) is 3.51. The number of methoxy groups -OCH3 is 1. The van der Waals surface area contributed by atoms with E-state index < -0.39 is 17.8 Å². The Labute approximate surface area is 253 Å². The molecule has 5 heterocycles. The molecule has 0 aliphatic carbocycles. The highest BCUT2D eigenvalue weighted by Gasteiger charge is 2.34. The lowest BCUT2D eigenvalue weighted by Gasteiger charge is -2.24. The molecule has 1 N–H and O–H groups in total. The first-order chi connectivity index (χ1) is 21.3. The molecule has 3 unspecified atom stereocenters. The number of terminal acetylenes is 1. The Hall–Kier alpha value is -4.14. The third-order valence-electron chi connectivity index (χ3n) is 8.49. The second-order valence-corrected chi connectivity index (χ2v) is 11.5. The Morgan fingerprint density at radius 2 is 1.98 bits per heavy atom. The van der Waals surface area contributed by atoms with Gasteiger partial charge in [-0.15, -0.1) is 6.42 Å². The number of aromatic hydroxyl groups is 1. The smallest absolute Gasteiger partial charge is 0.318 e. The van der Waals surface area contributed by atoms with Crippen molar-refractivity contribution in [2.45, 2.75) is 50.9 Å². The molecule has 3 saturated heterocycles. The van der Waals surface area contributed by atoms with E-state index in [9.17, 15) is 13.9 Å². The Bertz CT molecular complexity index is 1730. The molecule has 11 heteroatoms. The van der Waals surface area contributed by atoms with Crippen LogP contribution in [0.25, 0.3) is 32.9 Å². The van der Waals surface area contributed by atoms with Crippen molar-refractivity contribution in [2.24, 2.45) is 0 Å². The number of halogens is 3. The lowest BCUT2D eigenvalue weighted by molar-refractivity contribution is 0.0820. The molecule has 2 aromatic heterocycles. The van der Waals surface area contributed by atoms with Crippen molar-refractivity contribution in [3.8, 4) is 35.4 Å². The number of rotatable bonds is 3. The number of phenolic OH excluding ortho intramolecular Hbond substituents is 1. The molecule has 7 rings (SSSR count). The Morgan fingerprint density at radius 3 is 2.75 bits per heavy atom. The van der Waals surface area contributed by atoms with Crippen LogP contribution in [0.15, 0.2) is 30.5 Å². The van der Waals surface area contributed by atoms with Gasteiger partial charge in [-0.3, -0.25) is 9.88 Å². The van der Waals surface area contributed by atoms with Gasteiger partial charge in [0.25, 0.3) is 0 Å². The maximum Gasteiger partial charge on any atom is 0.318 e. The zero-order chi connectivity index (χ0) is 31.0. The van der Waals surface area contributed by atoms with E-state index in [1.807, 2.05) is 11.8 Å². The standard InChI is InChI=1S/C26H22F2N4O3.C7H12FN/c1-4-17-20(27)7-6-15-10-16(33)11-18(21(15)17)23-22(28)24-19(12-29-23)25(31-26(30-24)34-3)32-8-5-9-35-14(2)13-32;8-6-4-7-2-1-3-9(7)5-6/h1,6-7,10-12,14,33H,5,8-9,13H2,2-3H3;6-7H,1-5H2. The van der Waals surface area contributed by atoms with Crippen molar-refractivity contribution in [1.82, 2.24) is 19.9 Å². The predicted octanol–water partition coefficient (Wildman–Crippen LogP) is 5.63. The molecule has 0 bridgehead atoms. The van der Waals surface area contributed by atoms with Crippen molar-refractivity contribution in [3.05, 3.63) is 47.7 Å². The van der Waals surface area contributed by atoms with Crippen molar-refractivity contribution in [2.75, 3.05) is 44.8 Å². The third kappa shape index (κ3) is 5.72. The highest BCUT2D eigenvalue weighted by molar-refractivity contribution is 6.03. The summed E-state index contributed by atoms with van der Waals surface area (Å²) >= 11 is 0. The molecule has 44 heavy (non-hydrogen) atoms. The summed E-state index contributed by atoms with van der Waals surface area (Å²) < 4.78 is 54.2. The van der Waals surface area contributed by atoms with Crippen LogP contribution in [0.4, 0.5) is 19.0 Å². The second kappa shape index (κ2) is 12.5. The van der Waals surface area contributed by atoms with Crippen LogP contribution in [-0.4, -0.2) is 83.2 Å². The second-order valence-electron chi connectivity index (χ2n) is 11.5. The van der Waals surface area contributed by atoms with Crippen LogP contribution in [-0.2, 0) is 4.74 Å². The summed E-state index contributed by atoms with van der Waals surface area (Å²) in [6.45, 7) is 5.65. The first-order valence-electron chi connectivity index (χ1n) is 14.8. The van der Waals surface area contributed by atoms with Gasteiger partial charge in [-0.1, -0.05) is 12.0 Å². The lowest BCUT2D eigenvalue weighted by atomic mass is 9.96. The van der Waals surface area contributed by atoms with Crippen LogP contribution in [0.5, 0.6) is 11.8 Å². The minimum absolute atomic E-state index is 0.00232. The number of aromatic nitrogens is 3. The predicted molar refractivity (Wildman–Crippen MR) is 163 cm³/mol. The zero-order valence-electron chi connectivity index (χ0n) is 24.7. The number of nitrogens with zero attached hydrogens (tertiary/aromatic N) is 5. The maximum absolute atomic E-state index is 16.1. The quantitative estimate of drug-likeness (QED) is 0.301. The first-order valence-corrected chi connectivity index (χ1v) is 14.8. The number of hydrogen-bond acceptors (Lipinski definition) is 8. The Kier molecular flexibility index (Phi) is 8.47. The summed E-state index contributed by atoms with van der Waals surface area (Å²) in [6, 6.07) is 6.04. The van der Waals surface area contributed by atoms with E-state index in [-0.39, 0.29) is 45.6 Å². The van der Waals surface area contributed by atoms with Gasteiger partial charge in [0.2, 0.25) is 0 Å². The van der Waals surface area contributed by atoms with Gasteiger partial charge in [0.15, 0.2) is 5.82 Å². The van der Waals surface area contributed by atoms with Gasteiger partial charge in [0.05, 0.1) is 24.2 Å². The van der Waals surface area contributed by atoms with Gasteiger partial charge in [0, 0.05) is 49.4 Å². The van der Waals surface area contributed by atoms with E-state index in [1.165, 1.54) is 50.4 Å². The van der Waals surface area contributed by atoms with E-state index in [2.05, 4.69) is 25.8 Å². The Morgan fingerprint density at radius 1 is 1.14 bits per heavy atom. The fourth-order valence-electron chi connectivity index (χ4n) is 6.51. The largest absolute Gasteiger partial charge is 0.508 e. The number of anilines is 1. The maximum atomic E-state index is 16.1. The van der Waals surface area contributed by atoms with Crippen molar-refractivity contribution >= 4 is 27.5 Å². The molecule has 3 aliphatic rings. The van der Waals surface area contributed by atoms with Crippen molar-refractivity contribution in [3.63, 3.8) is 0 Å². The van der Waals surface area contributed by atoms with Crippen LogP contribution in [0.1, 0.15) is 38.2 Å². The van der Waals surface area contributed by atoms with Gasteiger partial charge in [-0.05, 0) is 62.7 Å². The summed E-state index contributed by atoms with van der Waals surface area (Å²) in [7, 11) is 1.41. The normalized spacial score (nSPS) is 21.9. The topological polar surface area (TPSA) is 83.8 Å². The minimum Gasteiger partial charge on any atom is -0.508 e. The van der Waals surface area contributed by atoms with E-state index in [1.54, 1.807) is 0 Å². The van der Waals surface area contributed by atoms with Crippen molar-refractivity contribution < 1.29 is 27.8 Å². The van der Waals surface area contributed by atoms with E-state index in [0.717, 1.165) is 19.4 Å². The molecule has 2 aromatic carbocycles.